The number of nitrogens with one attached hydrogen (secondary N) is 1. The number of carbonyl (C=O) groups is 2. The molecule has 0 fully saturated rings. The average molecular weight is 410 g/mol. The minimum Gasteiger partial charge on any atom is -0.329 e. The molecule has 0 radical (unpaired) electrons. The first-order chi connectivity index (χ1) is 12.8. The van der Waals surface area contributed by atoms with Gasteiger partial charge in [-0.2, -0.15) is 0 Å². The van der Waals surface area contributed by atoms with Gasteiger partial charge in [-0.3, -0.25) is 19.7 Å². The predicted octanol–water partition coefficient (Wildman–Crippen LogP) is 4.39. The molecule has 0 aliphatic rings. The van der Waals surface area contributed by atoms with E-state index >= 15 is 0 Å². The van der Waals surface area contributed by atoms with E-state index in [-0.39, 0.29) is 24.3 Å². The van der Waals surface area contributed by atoms with Crippen molar-refractivity contribution in [3.8, 4) is 0 Å². The second-order valence-electron chi connectivity index (χ2n) is 5.67. The van der Waals surface area contributed by atoms with Gasteiger partial charge >= 0.3 is 0 Å². The van der Waals surface area contributed by atoms with Gasteiger partial charge in [-0.25, -0.2) is 0 Å². The minimum atomic E-state index is -0.622. The molecule has 0 unspecified atom stereocenters. The number of nitro benzene ring substituents is 1. The highest BCUT2D eigenvalue weighted by Gasteiger charge is 2.25. The van der Waals surface area contributed by atoms with Gasteiger partial charge in [0.15, 0.2) is 0 Å². The number of carbonyl (C=O) groups excluding carboxylic acids is 2. The highest BCUT2D eigenvalue weighted by atomic mass is 35.5. The van der Waals surface area contributed by atoms with Gasteiger partial charge in [0.05, 0.1) is 15.6 Å². The molecule has 2 rings (SSSR count). The Bertz CT molecular complexity index is 873. The first-order valence-corrected chi connectivity index (χ1v) is 8.86. The van der Waals surface area contributed by atoms with E-state index in [1.54, 1.807) is 12.1 Å². The summed E-state index contributed by atoms with van der Waals surface area (Å²) >= 11 is 11.9. The van der Waals surface area contributed by atoms with Crippen molar-refractivity contribution in [3.63, 3.8) is 0 Å². The fraction of sp³-hybridized carbons (Fsp3) is 0.222. The number of hydrogen-bond acceptors (Lipinski definition) is 4. The quantitative estimate of drug-likeness (QED) is 0.541. The Balaban J connectivity index is 2.20. The standard InChI is InChI=1S/C18H17Cl2N3O4/c1-2-9-22(18(25)13-5-3-4-6-16(13)23(26)27)11-17(24)21-15-10-12(19)7-8-14(15)20/h3-8,10H,2,9,11H2,1H3,(H,21,24). The van der Waals surface area contributed by atoms with Gasteiger partial charge in [0.25, 0.3) is 11.6 Å². The van der Waals surface area contributed by atoms with E-state index < -0.39 is 16.7 Å². The van der Waals surface area contributed by atoms with Gasteiger partial charge in [-0.1, -0.05) is 42.3 Å². The molecule has 0 atom stereocenters. The number of nitro groups is 1. The fourth-order valence-corrected chi connectivity index (χ4v) is 2.80. The Morgan fingerprint density at radius 2 is 1.89 bits per heavy atom. The zero-order valence-corrected chi connectivity index (χ0v) is 16.0. The van der Waals surface area contributed by atoms with E-state index in [2.05, 4.69) is 5.32 Å². The maximum absolute atomic E-state index is 12.8. The molecular formula is C18H17Cl2N3O4. The first kappa shape index (κ1) is 20.7. The largest absolute Gasteiger partial charge is 0.329 e. The minimum absolute atomic E-state index is 0.0652. The van der Waals surface area contributed by atoms with Crippen molar-refractivity contribution in [1.29, 1.82) is 0 Å². The Labute approximate surface area is 166 Å². The van der Waals surface area contributed by atoms with Gasteiger partial charge in [0.1, 0.15) is 12.1 Å². The SMILES string of the molecule is CCCN(CC(=O)Nc1cc(Cl)ccc1Cl)C(=O)c1ccccc1[N+](=O)[O-]. The van der Waals surface area contributed by atoms with Crippen LogP contribution in [0.3, 0.4) is 0 Å². The van der Waals surface area contributed by atoms with E-state index in [0.29, 0.717) is 22.2 Å². The third-order valence-electron chi connectivity index (χ3n) is 3.65. The molecule has 0 aliphatic heterocycles. The molecule has 9 heteroatoms. The van der Waals surface area contributed by atoms with Crippen LogP contribution < -0.4 is 5.32 Å². The van der Waals surface area contributed by atoms with E-state index in [1.165, 1.54) is 35.2 Å². The van der Waals surface area contributed by atoms with Crippen LogP contribution in [0.5, 0.6) is 0 Å². The highest BCUT2D eigenvalue weighted by Crippen LogP contribution is 2.25. The molecule has 27 heavy (non-hydrogen) atoms. The summed E-state index contributed by atoms with van der Waals surface area (Å²) in [4.78, 5) is 36.9. The van der Waals surface area contributed by atoms with E-state index in [9.17, 15) is 19.7 Å². The maximum atomic E-state index is 12.8. The molecule has 0 aromatic heterocycles. The maximum Gasteiger partial charge on any atom is 0.282 e. The molecule has 2 amide bonds. The van der Waals surface area contributed by atoms with Crippen LogP contribution in [-0.4, -0.2) is 34.7 Å². The second kappa shape index (κ2) is 9.34. The topological polar surface area (TPSA) is 92.6 Å². The summed E-state index contributed by atoms with van der Waals surface area (Å²) in [5.41, 5.74) is -0.0461. The molecule has 1 N–H and O–H groups in total. The molecule has 7 nitrogen and oxygen atoms in total. The fourth-order valence-electron chi connectivity index (χ4n) is 2.46. The molecule has 2 aromatic rings. The van der Waals surface area contributed by atoms with Crippen LogP contribution in [0.1, 0.15) is 23.7 Å². The van der Waals surface area contributed by atoms with E-state index in [0.717, 1.165) is 0 Å². The lowest BCUT2D eigenvalue weighted by Crippen LogP contribution is -2.38. The van der Waals surface area contributed by atoms with Crippen molar-refractivity contribution in [2.75, 3.05) is 18.4 Å². The number of hydrogen-bond donors (Lipinski definition) is 1. The van der Waals surface area contributed by atoms with Crippen LogP contribution in [0.2, 0.25) is 10.0 Å². The van der Waals surface area contributed by atoms with Crippen molar-refractivity contribution in [2.24, 2.45) is 0 Å². The van der Waals surface area contributed by atoms with Crippen LogP contribution in [0, 0.1) is 10.1 Å². The van der Waals surface area contributed by atoms with Gasteiger partial charge in [0.2, 0.25) is 5.91 Å². The van der Waals surface area contributed by atoms with E-state index in [4.69, 9.17) is 23.2 Å². The molecule has 0 aliphatic carbocycles. The van der Waals surface area contributed by atoms with Crippen LogP contribution >= 0.6 is 23.2 Å². The number of rotatable bonds is 7. The van der Waals surface area contributed by atoms with Gasteiger partial charge in [0, 0.05) is 17.6 Å². The first-order valence-electron chi connectivity index (χ1n) is 8.11. The Kier molecular flexibility index (Phi) is 7.15. The summed E-state index contributed by atoms with van der Waals surface area (Å²) in [7, 11) is 0. The second-order valence-corrected chi connectivity index (χ2v) is 6.52. The van der Waals surface area contributed by atoms with Crippen LogP contribution in [0.4, 0.5) is 11.4 Å². The highest BCUT2D eigenvalue weighted by molar-refractivity contribution is 6.35. The molecule has 0 spiro atoms. The zero-order chi connectivity index (χ0) is 20.0. The number of anilines is 1. The summed E-state index contributed by atoms with van der Waals surface area (Å²) in [6.45, 7) is 1.83. The van der Waals surface area contributed by atoms with Crippen molar-refractivity contribution in [2.45, 2.75) is 13.3 Å². The van der Waals surface area contributed by atoms with Crippen molar-refractivity contribution >= 4 is 46.4 Å². The molecule has 2 aromatic carbocycles. The molecule has 0 heterocycles. The smallest absolute Gasteiger partial charge is 0.282 e. The van der Waals surface area contributed by atoms with Crippen molar-refractivity contribution in [3.05, 3.63) is 68.2 Å². The lowest BCUT2D eigenvalue weighted by Gasteiger charge is -2.21. The Morgan fingerprint density at radius 1 is 1.19 bits per heavy atom. The monoisotopic (exact) mass is 409 g/mol. The molecule has 0 bridgehead atoms. The van der Waals surface area contributed by atoms with Crippen molar-refractivity contribution in [1.82, 2.24) is 4.90 Å². The Hall–Kier alpha value is -2.64. The van der Waals surface area contributed by atoms with Crippen LogP contribution in [0.15, 0.2) is 42.5 Å². The number of para-hydroxylation sites is 1. The molecule has 0 saturated heterocycles. The average Bonchev–Trinajstić information content (AvgIpc) is 2.63. The van der Waals surface area contributed by atoms with Gasteiger partial charge in [-0.05, 0) is 30.7 Å². The summed E-state index contributed by atoms with van der Waals surface area (Å²) in [5, 5.41) is 14.5. The predicted molar refractivity (Wildman–Crippen MR) is 104 cm³/mol. The third-order valence-corrected chi connectivity index (χ3v) is 4.21. The van der Waals surface area contributed by atoms with Crippen LogP contribution in [0.25, 0.3) is 0 Å². The number of benzene rings is 2. The third kappa shape index (κ3) is 5.42. The zero-order valence-electron chi connectivity index (χ0n) is 14.4. The lowest BCUT2D eigenvalue weighted by atomic mass is 10.1. The summed E-state index contributed by atoms with van der Waals surface area (Å²) in [6, 6.07) is 10.3. The van der Waals surface area contributed by atoms with Crippen molar-refractivity contribution < 1.29 is 14.5 Å². The summed E-state index contributed by atoms with van der Waals surface area (Å²) in [6.07, 6.45) is 0.581. The van der Waals surface area contributed by atoms with Gasteiger partial charge in [-0.15, -0.1) is 0 Å². The summed E-state index contributed by atoms with van der Waals surface area (Å²) < 4.78 is 0. The molecular weight excluding hydrogens is 393 g/mol. The summed E-state index contributed by atoms with van der Waals surface area (Å²) in [5.74, 6) is -1.07. The lowest BCUT2D eigenvalue weighted by molar-refractivity contribution is -0.385. The van der Waals surface area contributed by atoms with E-state index in [1.807, 2.05) is 6.92 Å². The number of nitrogens with zero attached hydrogens (tertiary/aromatic N) is 2. The normalized spacial score (nSPS) is 10.3. The Morgan fingerprint density at radius 3 is 2.56 bits per heavy atom. The van der Waals surface area contributed by atoms with Crippen LogP contribution in [-0.2, 0) is 4.79 Å². The van der Waals surface area contributed by atoms with Gasteiger partial charge < -0.3 is 10.2 Å². The molecule has 0 saturated carbocycles. The molecule has 142 valence electrons. The number of halogens is 2. The number of amides is 2.